The van der Waals surface area contributed by atoms with Gasteiger partial charge >= 0.3 is 0 Å². The molecular weight excluding hydrogens is 413 g/mol. The van der Waals surface area contributed by atoms with Crippen molar-refractivity contribution in [1.82, 2.24) is 4.90 Å². The smallest absolute Gasteiger partial charge is 0.291 e. The van der Waals surface area contributed by atoms with Gasteiger partial charge in [-0.05, 0) is 61.9 Å². The molecule has 2 aromatic carbocycles. The summed E-state index contributed by atoms with van der Waals surface area (Å²) in [4.78, 5) is 28.3. The first-order valence-corrected chi connectivity index (χ1v) is 10.3. The molecule has 0 radical (unpaired) electrons. The summed E-state index contributed by atoms with van der Waals surface area (Å²) in [6.07, 6.45) is 1.54. The summed E-state index contributed by atoms with van der Waals surface area (Å²) >= 11 is 0. The molecule has 0 spiro atoms. The van der Waals surface area contributed by atoms with Gasteiger partial charge in [0.25, 0.3) is 5.91 Å². The molecule has 0 bridgehead atoms. The van der Waals surface area contributed by atoms with E-state index in [-0.39, 0.29) is 34.9 Å². The van der Waals surface area contributed by atoms with E-state index >= 15 is 0 Å². The summed E-state index contributed by atoms with van der Waals surface area (Å²) in [5, 5.41) is 0.0983. The maximum atomic E-state index is 13.9. The lowest BCUT2D eigenvalue weighted by Gasteiger charge is -2.24. The van der Waals surface area contributed by atoms with Crippen LogP contribution in [0.25, 0.3) is 11.0 Å². The number of amides is 1. The van der Waals surface area contributed by atoms with Crippen LogP contribution in [0.5, 0.6) is 5.75 Å². The zero-order valence-electron chi connectivity index (χ0n) is 17.5. The topological polar surface area (TPSA) is 72.9 Å². The molecule has 7 heteroatoms. The number of nitrogens with zero attached hydrogens (tertiary/aromatic N) is 1. The third-order valence-electron chi connectivity index (χ3n) is 5.40. The summed E-state index contributed by atoms with van der Waals surface area (Å²) in [5.74, 6) is 0.242. The Labute approximate surface area is 182 Å². The van der Waals surface area contributed by atoms with Crippen LogP contribution in [0.1, 0.15) is 47.3 Å². The highest BCUT2D eigenvalue weighted by Gasteiger charge is 2.43. The fourth-order valence-electron chi connectivity index (χ4n) is 4.07. The van der Waals surface area contributed by atoms with Gasteiger partial charge in [0.15, 0.2) is 5.43 Å². The molecule has 1 aliphatic heterocycles. The van der Waals surface area contributed by atoms with Gasteiger partial charge in [0.2, 0.25) is 5.76 Å². The highest BCUT2D eigenvalue weighted by atomic mass is 19.1. The van der Waals surface area contributed by atoms with Gasteiger partial charge in [0.05, 0.1) is 35.9 Å². The zero-order valence-corrected chi connectivity index (χ0v) is 17.5. The first-order valence-electron chi connectivity index (χ1n) is 10.3. The second-order valence-corrected chi connectivity index (χ2v) is 7.97. The molecule has 2 aromatic heterocycles. The minimum atomic E-state index is -0.709. The van der Waals surface area contributed by atoms with Crippen molar-refractivity contribution in [3.05, 3.63) is 99.5 Å². The monoisotopic (exact) mass is 433 g/mol. The van der Waals surface area contributed by atoms with Crippen LogP contribution >= 0.6 is 0 Å². The van der Waals surface area contributed by atoms with Crippen molar-refractivity contribution in [1.29, 1.82) is 0 Å². The van der Waals surface area contributed by atoms with Gasteiger partial charge in [-0.25, -0.2) is 4.39 Å². The van der Waals surface area contributed by atoms with E-state index in [0.29, 0.717) is 17.1 Å². The fourth-order valence-corrected chi connectivity index (χ4v) is 4.07. The number of hydrogen-bond donors (Lipinski definition) is 0. The fraction of sp³-hybridized carbons (Fsp3) is 0.200. The molecule has 1 aliphatic rings. The van der Waals surface area contributed by atoms with Gasteiger partial charge in [-0.2, -0.15) is 0 Å². The standard InChI is InChI=1S/C25H20FNO5/c1-14(2)31-17-8-5-15(6-9-17)22-21-23(28)19-12-16(26)7-10-20(19)32-24(21)25(29)27(22)13-18-4-3-11-30-18/h3-12,14,22H,13H2,1-2H3. The zero-order chi connectivity index (χ0) is 22.4. The van der Waals surface area contributed by atoms with Crippen molar-refractivity contribution in [2.75, 3.05) is 0 Å². The summed E-state index contributed by atoms with van der Waals surface area (Å²) in [5.41, 5.74) is 0.645. The predicted octanol–water partition coefficient (Wildman–Crippen LogP) is 5.06. The van der Waals surface area contributed by atoms with E-state index < -0.39 is 23.2 Å². The van der Waals surface area contributed by atoms with E-state index in [1.54, 1.807) is 24.3 Å². The van der Waals surface area contributed by atoms with Crippen molar-refractivity contribution in [3.8, 4) is 5.75 Å². The van der Waals surface area contributed by atoms with Crippen molar-refractivity contribution < 1.29 is 22.8 Å². The Morgan fingerprint density at radius 3 is 2.56 bits per heavy atom. The van der Waals surface area contributed by atoms with E-state index in [0.717, 1.165) is 6.07 Å². The number of carbonyl (C=O) groups excluding carboxylic acids is 1. The van der Waals surface area contributed by atoms with Gasteiger partial charge in [-0.3, -0.25) is 9.59 Å². The lowest BCUT2D eigenvalue weighted by atomic mass is 9.98. The summed E-state index contributed by atoms with van der Waals surface area (Å²) < 4.78 is 30.8. The molecule has 1 atom stereocenters. The molecule has 162 valence electrons. The minimum Gasteiger partial charge on any atom is -0.491 e. The molecule has 1 unspecified atom stereocenters. The van der Waals surface area contributed by atoms with Gasteiger partial charge in [0, 0.05) is 0 Å². The maximum Gasteiger partial charge on any atom is 0.291 e. The Hall–Kier alpha value is -3.87. The van der Waals surface area contributed by atoms with Gasteiger partial charge in [0.1, 0.15) is 22.9 Å². The van der Waals surface area contributed by atoms with Crippen LogP contribution in [-0.2, 0) is 6.54 Å². The summed E-state index contributed by atoms with van der Waals surface area (Å²) in [6, 6.07) is 13.7. The van der Waals surface area contributed by atoms with Crippen LogP contribution in [0.2, 0.25) is 0 Å². The molecule has 0 fully saturated rings. The van der Waals surface area contributed by atoms with E-state index in [1.165, 1.54) is 23.3 Å². The van der Waals surface area contributed by atoms with E-state index in [2.05, 4.69) is 0 Å². The third kappa shape index (κ3) is 3.36. The number of benzene rings is 2. The Balaban J connectivity index is 1.68. The number of furan rings is 1. The Kier molecular flexibility index (Phi) is 4.81. The molecule has 0 saturated heterocycles. The minimum absolute atomic E-state index is 0.0124. The highest BCUT2D eigenvalue weighted by Crippen LogP contribution is 2.39. The number of hydrogen-bond acceptors (Lipinski definition) is 5. The lowest BCUT2D eigenvalue weighted by molar-refractivity contribution is 0.0701. The quantitative estimate of drug-likeness (QED) is 0.440. The van der Waals surface area contributed by atoms with Crippen LogP contribution in [0.4, 0.5) is 4.39 Å². The van der Waals surface area contributed by atoms with E-state index in [1.807, 2.05) is 26.0 Å². The Bertz CT molecular complexity index is 1360. The second kappa shape index (κ2) is 7.67. The Morgan fingerprint density at radius 1 is 1.09 bits per heavy atom. The lowest BCUT2D eigenvalue weighted by Crippen LogP contribution is -2.29. The van der Waals surface area contributed by atoms with Crippen molar-refractivity contribution in [2.45, 2.75) is 32.5 Å². The van der Waals surface area contributed by atoms with E-state index in [4.69, 9.17) is 13.6 Å². The van der Waals surface area contributed by atoms with Gasteiger partial charge in [-0.1, -0.05) is 12.1 Å². The molecule has 5 rings (SSSR count). The van der Waals surface area contributed by atoms with Crippen molar-refractivity contribution >= 4 is 16.9 Å². The number of carbonyl (C=O) groups is 1. The average Bonchev–Trinajstić information content (AvgIpc) is 3.37. The van der Waals surface area contributed by atoms with Crippen molar-refractivity contribution in [3.63, 3.8) is 0 Å². The SMILES string of the molecule is CC(C)Oc1ccc(C2c3c(oc4ccc(F)cc4c3=O)C(=O)N2Cc2ccco2)cc1. The highest BCUT2D eigenvalue weighted by molar-refractivity contribution is 5.99. The second-order valence-electron chi connectivity index (χ2n) is 7.97. The number of ether oxygens (including phenoxy) is 1. The molecule has 0 saturated carbocycles. The molecule has 1 amide bonds. The van der Waals surface area contributed by atoms with Crippen LogP contribution in [0, 0.1) is 5.82 Å². The first-order chi connectivity index (χ1) is 15.4. The molecule has 3 heterocycles. The van der Waals surface area contributed by atoms with Crippen LogP contribution in [0.15, 0.2) is 74.5 Å². The van der Waals surface area contributed by atoms with Crippen LogP contribution < -0.4 is 10.2 Å². The normalized spacial score (nSPS) is 15.6. The van der Waals surface area contributed by atoms with Gasteiger partial charge < -0.3 is 18.5 Å². The summed E-state index contributed by atoms with van der Waals surface area (Å²) in [7, 11) is 0. The number of halogens is 1. The van der Waals surface area contributed by atoms with Gasteiger partial charge in [-0.15, -0.1) is 0 Å². The molecule has 6 nitrogen and oxygen atoms in total. The maximum absolute atomic E-state index is 13.9. The third-order valence-corrected chi connectivity index (χ3v) is 5.40. The van der Waals surface area contributed by atoms with Crippen LogP contribution in [0.3, 0.4) is 0 Å². The summed E-state index contributed by atoms with van der Waals surface area (Å²) in [6.45, 7) is 4.01. The van der Waals surface area contributed by atoms with E-state index in [9.17, 15) is 14.0 Å². The molecular formula is C25H20FNO5. The number of rotatable bonds is 5. The van der Waals surface area contributed by atoms with Crippen molar-refractivity contribution in [2.24, 2.45) is 0 Å². The molecule has 0 aliphatic carbocycles. The Morgan fingerprint density at radius 2 is 1.88 bits per heavy atom. The molecule has 32 heavy (non-hydrogen) atoms. The first kappa shape index (κ1) is 20.1. The van der Waals surface area contributed by atoms with Crippen LogP contribution in [-0.4, -0.2) is 16.9 Å². The molecule has 0 N–H and O–H groups in total. The number of fused-ring (bicyclic) bond motifs is 2. The largest absolute Gasteiger partial charge is 0.491 e. The average molecular weight is 433 g/mol. The predicted molar refractivity (Wildman–Crippen MR) is 115 cm³/mol. The molecule has 4 aromatic rings.